The quantitative estimate of drug-likeness (QED) is 0.564. The Morgan fingerprint density at radius 3 is 2.57 bits per heavy atom. The molecule has 9 heteroatoms. The summed E-state index contributed by atoms with van der Waals surface area (Å²) in [7, 11) is -2.27. The van der Waals surface area contributed by atoms with Gasteiger partial charge in [0.15, 0.2) is 0 Å². The van der Waals surface area contributed by atoms with E-state index in [0.717, 1.165) is 5.56 Å². The zero-order valence-electron chi connectivity index (χ0n) is 16.4. The number of nitrogens with one attached hydrogen (secondary N) is 2. The van der Waals surface area contributed by atoms with Crippen LogP contribution in [0.4, 0.5) is 11.6 Å². The van der Waals surface area contributed by atoms with Crippen molar-refractivity contribution in [1.29, 1.82) is 0 Å². The van der Waals surface area contributed by atoms with Crippen LogP contribution < -0.4 is 14.8 Å². The Labute approximate surface area is 174 Å². The largest absolute Gasteiger partial charge is 0.497 e. The lowest BCUT2D eigenvalue weighted by Gasteiger charge is -2.08. The van der Waals surface area contributed by atoms with Gasteiger partial charge in [-0.05, 0) is 61.0 Å². The number of rotatable bonds is 7. The Balaban J connectivity index is 1.64. The van der Waals surface area contributed by atoms with E-state index in [0.29, 0.717) is 17.1 Å². The van der Waals surface area contributed by atoms with Crippen LogP contribution in [-0.4, -0.2) is 31.4 Å². The summed E-state index contributed by atoms with van der Waals surface area (Å²) >= 11 is 0. The van der Waals surface area contributed by atoms with Crippen molar-refractivity contribution in [1.82, 2.24) is 9.97 Å². The fraction of sp³-hybridized carbons (Fsp3) is 0.0952. The maximum Gasteiger partial charge on any atom is 0.264 e. The Morgan fingerprint density at radius 1 is 1.10 bits per heavy atom. The van der Waals surface area contributed by atoms with E-state index in [1.807, 2.05) is 18.2 Å². The lowest BCUT2D eigenvalue weighted by atomic mass is 10.2. The van der Waals surface area contributed by atoms with Gasteiger partial charge in [0, 0.05) is 23.7 Å². The lowest BCUT2D eigenvalue weighted by molar-refractivity contribution is -0.111. The molecule has 3 aromatic rings. The second-order valence-electron chi connectivity index (χ2n) is 6.25. The number of ether oxygens (including phenoxy) is 1. The number of benzene rings is 2. The molecule has 0 saturated heterocycles. The monoisotopic (exact) mass is 424 g/mol. The van der Waals surface area contributed by atoms with Gasteiger partial charge in [-0.15, -0.1) is 0 Å². The molecule has 154 valence electrons. The first-order chi connectivity index (χ1) is 14.4. The van der Waals surface area contributed by atoms with Crippen LogP contribution in [0.25, 0.3) is 6.08 Å². The number of aryl methyl sites for hydroxylation is 1. The van der Waals surface area contributed by atoms with Gasteiger partial charge in [-0.1, -0.05) is 12.1 Å². The third-order valence-electron chi connectivity index (χ3n) is 3.97. The summed E-state index contributed by atoms with van der Waals surface area (Å²) in [4.78, 5) is 20.1. The maximum absolute atomic E-state index is 12.5. The SMILES string of the molecule is COc1cccc(/C=C/C(=O)Nc2ccc(S(=O)(=O)Nc3nccc(C)n3)cc2)c1. The van der Waals surface area contributed by atoms with Gasteiger partial charge in [-0.2, -0.15) is 0 Å². The van der Waals surface area contributed by atoms with Crippen LogP contribution in [0.5, 0.6) is 5.75 Å². The normalized spacial score (nSPS) is 11.3. The highest BCUT2D eigenvalue weighted by molar-refractivity contribution is 7.92. The zero-order chi connectivity index (χ0) is 21.6. The van der Waals surface area contributed by atoms with Crippen LogP contribution in [-0.2, 0) is 14.8 Å². The minimum absolute atomic E-state index is 0.00458. The summed E-state index contributed by atoms with van der Waals surface area (Å²) in [6.45, 7) is 1.74. The zero-order valence-corrected chi connectivity index (χ0v) is 17.2. The number of carbonyl (C=O) groups excluding carboxylic acids is 1. The molecule has 1 aromatic heterocycles. The van der Waals surface area contributed by atoms with Crippen molar-refractivity contribution in [3.8, 4) is 5.75 Å². The summed E-state index contributed by atoms with van der Waals surface area (Å²) in [5.74, 6) is 0.341. The predicted molar refractivity (Wildman–Crippen MR) is 115 cm³/mol. The molecule has 0 saturated carbocycles. The van der Waals surface area contributed by atoms with Gasteiger partial charge in [0.25, 0.3) is 10.0 Å². The van der Waals surface area contributed by atoms with Crippen molar-refractivity contribution < 1.29 is 17.9 Å². The van der Waals surface area contributed by atoms with Crippen molar-refractivity contribution in [2.45, 2.75) is 11.8 Å². The van der Waals surface area contributed by atoms with Crippen LogP contribution >= 0.6 is 0 Å². The second kappa shape index (κ2) is 9.19. The number of nitrogens with zero attached hydrogens (tertiary/aromatic N) is 2. The highest BCUT2D eigenvalue weighted by atomic mass is 32.2. The molecule has 0 atom stereocenters. The van der Waals surface area contributed by atoms with Gasteiger partial charge < -0.3 is 10.1 Å². The first kappa shape index (κ1) is 21.0. The van der Waals surface area contributed by atoms with Gasteiger partial charge >= 0.3 is 0 Å². The van der Waals surface area contributed by atoms with Crippen LogP contribution in [0.15, 0.2) is 71.8 Å². The molecule has 0 bridgehead atoms. The Bertz CT molecular complexity index is 1180. The fourth-order valence-corrected chi connectivity index (χ4v) is 3.45. The first-order valence-electron chi connectivity index (χ1n) is 8.91. The van der Waals surface area contributed by atoms with E-state index in [2.05, 4.69) is 20.0 Å². The van der Waals surface area contributed by atoms with E-state index in [-0.39, 0.29) is 16.8 Å². The minimum Gasteiger partial charge on any atom is -0.497 e. The average Bonchev–Trinajstić information content (AvgIpc) is 2.72. The molecule has 0 fully saturated rings. The van der Waals surface area contributed by atoms with Crippen molar-refractivity contribution in [2.24, 2.45) is 0 Å². The number of amides is 1. The minimum atomic E-state index is -3.84. The first-order valence-corrected chi connectivity index (χ1v) is 10.4. The van der Waals surface area contributed by atoms with Crippen molar-refractivity contribution in [3.05, 3.63) is 78.1 Å². The van der Waals surface area contributed by atoms with E-state index in [1.165, 1.54) is 36.5 Å². The number of aromatic nitrogens is 2. The number of carbonyl (C=O) groups is 1. The molecule has 1 heterocycles. The molecule has 1 amide bonds. The average molecular weight is 424 g/mol. The van der Waals surface area contributed by atoms with Gasteiger partial charge in [0.1, 0.15) is 5.75 Å². The Morgan fingerprint density at radius 2 is 1.87 bits per heavy atom. The van der Waals surface area contributed by atoms with E-state index < -0.39 is 10.0 Å². The maximum atomic E-state index is 12.5. The van der Waals surface area contributed by atoms with Gasteiger partial charge in [0.2, 0.25) is 11.9 Å². The lowest BCUT2D eigenvalue weighted by Crippen LogP contribution is -2.15. The summed E-state index contributed by atoms with van der Waals surface area (Å²) < 4.78 is 32.4. The highest BCUT2D eigenvalue weighted by Gasteiger charge is 2.15. The highest BCUT2D eigenvalue weighted by Crippen LogP contribution is 2.17. The summed E-state index contributed by atoms with van der Waals surface area (Å²) in [5, 5.41) is 2.68. The van der Waals surface area contributed by atoms with E-state index in [9.17, 15) is 13.2 Å². The molecule has 0 aliphatic heterocycles. The van der Waals surface area contributed by atoms with Crippen LogP contribution in [0.2, 0.25) is 0 Å². The van der Waals surface area contributed by atoms with E-state index >= 15 is 0 Å². The number of hydrogen-bond donors (Lipinski definition) is 2. The van der Waals surface area contributed by atoms with Gasteiger partial charge in [-0.3, -0.25) is 4.79 Å². The molecule has 0 aliphatic rings. The van der Waals surface area contributed by atoms with E-state index in [1.54, 1.807) is 32.2 Å². The summed E-state index contributed by atoms with van der Waals surface area (Å²) in [6, 6.07) is 14.7. The molecular weight excluding hydrogens is 404 g/mol. The standard InChI is InChI=1S/C21H20N4O4S/c1-15-12-13-22-21(23-15)25-30(27,28)19-9-7-17(8-10-19)24-20(26)11-6-16-4-3-5-18(14-16)29-2/h3-14H,1-2H3,(H,24,26)(H,22,23,25)/b11-6+. The van der Waals surface area contributed by atoms with E-state index in [4.69, 9.17) is 4.74 Å². The molecule has 2 aromatic carbocycles. The van der Waals surface area contributed by atoms with Crippen LogP contribution in [0.3, 0.4) is 0 Å². The fourth-order valence-electron chi connectivity index (χ4n) is 2.50. The summed E-state index contributed by atoms with van der Waals surface area (Å²) in [5.41, 5.74) is 1.92. The molecular formula is C21H20N4O4S. The number of sulfonamides is 1. The van der Waals surface area contributed by atoms with Crippen molar-refractivity contribution in [3.63, 3.8) is 0 Å². The third kappa shape index (κ3) is 5.65. The van der Waals surface area contributed by atoms with Crippen LogP contribution in [0.1, 0.15) is 11.3 Å². The second-order valence-corrected chi connectivity index (χ2v) is 7.93. The third-order valence-corrected chi connectivity index (χ3v) is 5.32. The molecule has 0 unspecified atom stereocenters. The molecule has 30 heavy (non-hydrogen) atoms. The molecule has 8 nitrogen and oxygen atoms in total. The molecule has 0 radical (unpaired) electrons. The number of hydrogen-bond acceptors (Lipinski definition) is 6. The molecule has 3 rings (SSSR count). The topological polar surface area (TPSA) is 110 Å². The Kier molecular flexibility index (Phi) is 6.43. The predicted octanol–water partition coefficient (Wildman–Crippen LogP) is 3.25. The summed E-state index contributed by atoms with van der Waals surface area (Å²) in [6.07, 6.45) is 4.51. The van der Waals surface area contributed by atoms with Crippen molar-refractivity contribution >= 4 is 33.6 Å². The smallest absolute Gasteiger partial charge is 0.264 e. The van der Waals surface area contributed by atoms with Crippen LogP contribution in [0, 0.1) is 6.92 Å². The molecule has 2 N–H and O–H groups in total. The van der Waals surface area contributed by atoms with Gasteiger partial charge in [0.05, 0.1) is 12.0 Å². The van der Waals surface area contributed by atoms with Gasteiger partial charge in [-0.25, -0.2) is 23.1 Å². The Hall–Kier alpha value is -3.72. The molecule has 0 spiro atoms. The molecule has 0 aliphatic carbocycles. The number of anilines is 2. The number of methoxy groups -OCH3 is 1. The van der Waals surface area contributed by atoms with Crippen molar-refractivity contribution in [2.75, 3.05) is 17.1 Å².